The molecule has 0 amide bonds. The highest BCUT2D eigenvalue weighted by atomic mass is 16.6. The van der Waals surface area contributed by atoms with Crippen LogP contribution in [-0.2, 0) is 30.3 Å². The fourth-order valence-electron chi connectivity index (χ4n) is 3.00. The molecule has 8 heteroatoms. The molecule has 1 N–H and O–H groups in total. The van der Waals surface area contributed by atoms with Gasteiger partial charge < -0.3 is 19.4 Å². The van der Waals surface area contributed by atoms with Gasteiger partial charge in [0.25, 0.3) is 0 Å². The number of carbonyl (C=O) groups excluding carboxylic acids is 3. The molecule has 4 rings (SSSR count). The SMILES string of the molecule is C1CO1.C=O.CC1CO1.CCCCCCCCCc1ccc(O)cc1.Cc1c(N=C=O)cccc1N=C=O. The molecule has 208 valence electrons. The zero-order valence-electron chi connectivity index (χ0n) is 23.0. The van der Waals surface area contributed by atoms with Gasteiger partial charge in [0, 0.05) is 5.56 Å². The maximum Gasteiger partial charge on any atom is 0.240 e. The van der Waals surface area contributed by atoms with Crippen LogP contribution in [0.2, 0.25) is 0 Å². The number of ether oxygens (including phenoxy) is 2. The molecule has 1 atom stereocenters. The van der Waals surface area contributed by atoms with Crippen molar-refractivity contribution in [3.8, 4) is 5.75 Å². The Morgan fingerprint density at radius 2 is 1.34 bits per heavy atom. The number of isocyanates is 2. The Kier molecular flexibility index (Phi) is 21.8. The van der Waals surface area contributed by atoms with Crippen molar-refractivity contribution >= 4 is 30.3 Å². The summed E-state index contributed by atoms with van der Waals surface area (Å²) in [6.45, 7) is 11.0. The van der Waals surface area contributed by atoms with E-state index in [0.29, 0.717) is 28.8 Å². The quantitative estimate of drug-likeness (QED) is 0.156. The largest absolute Gasteiger partial charge is 0.508 e. The number of rotatable bonds is 10. The summed E-state index contributed by atoms with van der Waals surface area (Å²) in [5, 5.41) is 9.15. The van der Waals surface area contributed by atoms with Gasteiger partial charge in [-0.15, -0.1) is 0 Å². The van der Waals surface area contributed by atoms with Gasteiger partial charge in [-0.2, -0.15) is 9.98 Å². The second kappa shape index (κ2) is 24.0. The lowest BCUT2D eigenvalue weighted by molar-refractivity contribution is -0.0980. The number of hydrogen-bond donors (Lipinski definition) is 1. The monoisotopic (exact) mass is 526 g/mol. The number of aromatic hydroxyl groups is 1. The van der Waals surface area contributed by atoms with E-state index >= 15 is 0 Å². The smallest absolute Gasteiger partial charge is 0.240 e. The standard InChI is InChI=1S/C15H24O.C9H6N2O2.C3H6O.C2H4O.CH2O/c1-2-3-4-5-6-7-8-9-14-10-12-15(16)13-11-14;1-7-8(10-5-12)3-2-4-9(7)11-6-13;1-3-2-4-3;1-2-3-1;1-2/h10-13,16H,2-9H2,1H3;2-4H,1H3;3H,2H2,1H3;1-2H2;1H2. The van der Waals surface area contributed by atoms with Crippen LogP contribution in [0.25, 0.3) is 0 Å². The van der Waals surface area contributed by atoms with E-state index in [1.807, 2.05) is 18.9 Å². The molecule has 0 bridgehead atoms. The highest BCUT2D eigenvalue weighted by Gasteiger charge is 2.13. The zero-order valence-corrected chi connectivity index (χ0v) is 23.0. The van der Waals surface area contributed by atoms with Crippen LogP contribution in [0.15, 0.2) is 52.4 Å². The van der Waals surface area contributed by atoms with Crippen LogP contribution in [0, 0.1) is 6.92 Å². The summed E-state index contributed by atoms with van der Waals surface area (Å²) in [5.74, 6) is 0.364. The molecular formula is C30H42N2O6. The number of phenols is 1. The topological polar surface area (TPSA) is 121 Å². The van der Waals surface area contributed by atoms with Crippen LogP contribution in [0.5, 0.6) is 5.75 Å². The predicted molar refractivity (Wildman–Crippen MR) is 150 cm³/mol. The van der Waals surface area contributed by atoms with E-state index in [0.717, 1.165) is 26.2 Å². The molecule has 2 aromatic rings. The Morgan fingerprint density at radius 3 is 1.74 bits per heavy atom. The van der Waals surface area contributed by atoms with Crippen LogP contribution >= 0.6 is 0 Å². The van der Waals surface area contributed by atoms with Crippen molar-refractivity contribution in [3.63, 3.8) is 0 Å². The highest BCUT2D eigenvalue weighted by molar-refractivity contribution is 5.64. The van der Waals surface area contributed by atoms with E-state index in [-0.39, 0.29) is 0 Å². The third-order valence-electron chi connectivity index (χ3n) is 5.32. The van der Waals surface area contributed by atoms with E-state index in [4.69, 9.17) is 14.6 Å². The van der Waals surface area contributed by atoms with Crippen molar-refractivity contribution in [2.75, 3.05) is 19.8 Å². The number of epoxide rings is 2. The first-order valence-corrected chi connectivity index (χ1v) is 13.0. The summed E-state index contributed by atoms with van der Waals surface area (Å²) in [6, 6.07) is 12.5. The summed E-state index contributed by atoms with van der Waals surface area (Å²) in [7, 11) is 0. The van der Waals surface area contributed by atoms with Crippen molar-refractivity contribution < 1.29 is 29.0 Å². The molecule has 0 aliphatic carbocycles. The summed E-state index contributed by atoms with van der Waals surface area (Å²) >= 11 is 0. The van der Waals surface area contributed by atoms with Crippen LogP contribution in [-0.4, -0.2) is 50.0 Å². The first-order valence-electron chi connectivity index (χ1n) is 13.0. The van der Waals surface area contributed by atoms with Gasteiger partial charge in [0.15, 0.2) is 0 Å². The second-order valence-electron chi connectivity index (χ2n) is 8.62. The second-order valence-corrected chi connectivity index (χ2v) is 8.62. The van der Waals surface area contributed by atoms with E-state index < -0.39 is 0 Å². The number of unbranched alkanes of at least 4 members (excludes halogenated alkanes) is 6. The number of hydrogen-bond acceptors (Lipinski definition) is 8. The van der Waals surface area contributed by atoms with Crippen LogP contribution in [0.1, 0.15) is 69.9 Å². The maximum absolute atomic E-state index is 10.00. The Hall–Kier alpha value is -3.41. The van der Waals surface area contributed by atoms with E-state index in [1.165, 1.54) is 62.7 Å². The van der Waals surface area contributed by atoms with Gasteiger partial charge in [0.05, 0.1) is 37.3 Å². The molecule has 0 radical (unpaired) electrons. The molecule has 2 aliphatic heterocycles. The Morgan fingerprint density at radius 1 is 0.895 bits per heavy atom. The molecule has 2 saturated heterocycles. The van der Waals surface area contributed by atoms with E-state index in [1.54, 1.807) is 37.3 Å². The Balaban J connectivity index is 0.000000547. The minimum Gasteiger partial charge on any atom is -0.508 e. The van der Waals surface area contributed by atoms with Crippen LogP contribution in [0.3, 0.4) is 0 Å². The molecule has 2 fully saturated rings. The van der Waals surface area contributed by atoms with Gasteiger partial charge in [0.2, 0.25) is 12.2 Å². The minimum atomic E-state index is 0.364. The first kappa shape index (κ1) is 34.6. The van der Waals surface area contributed by atoms with Gasteiger partial charge >= 0.3 is 0 Å². The molecule has 2 heterocycles. The van der Waals surface area contributed by atoms with Gasteiger partial charge in [-0.1, -0.05) is 63.6 Å². The number of aryl methyl sites for hydroxylation is 1. The molecule has 2 aromatic carbocycles. The summed E-state index contributed by atoms with van der Waals surface area (Å²) in [4.78, 5) is 34.9. The Bertz CT molecular complexity index is 922. The molecule has 1 unspecified atom stereocenters. The van der Waals surface area contributed by atoms with Crippen molar-refractivity contribution in [2.24, 2.45) is 9.98 Å². The third kappa shape index (κ3) is 20.7. The normalized spacial score (nSPS) is 13.5. The average molecular weight is 527 g/mol. The third-order valence-corrected chi connectivity index (χ3v) is 5.32. The number of aliphatic imine (C=N–C) groups is 2. The molecule has 38 heavy (non-hydrogen) atoms. The van der Waals surface area contributed by atoms with Crippen molar-refractivity contribution in [1.82, 2.24) is 0 Å². The fourth-order valence-corrected chi connectivity index (χ4v) is 3.00. The van der Waals surface area contributed by atoms with Crippen LogP contribution in [0.4, 0.5) is 11.4 Å². The van der Waals surface area contributed by atoms with Crippen molar-refractivity contribution in [1.29, 1.82) is 0 Å². The lowest BCUT2D eigenvalue weighted by Crippen LogP contribution is -1.85. The molecule has 8 nitrogen and oxygen atoms in total. The van der Waals surface area contributed by atoms with Gasteiger partial charge in [-0.25, -0.2) is 9.59 Å². The number of phenolic OH excluding ortho intramolecular Hbond substituents is 1. The van der Waals surface area contributed by atoms with Gasteiger partial charge in [-0.05, 0) is 56.5 Å². The summed E-state index contributed by atoms with van der Waals surface area (Å²) in [6.07, 6.45) is 14.1. The van der Waals surface area contributed by atoms with Gasteiger partial charge in [0.1, 0.15) is 12.5 Å². The Labute approximate surface area is 226 Å². The van der Waals surface area contributed by atoms with E-state index in [9.17, 15) is 9.59 Å². The molecule has 0 spiro atoms. The number of carbonyl (C=O) groups is 1. The fraction of sp³-hybridized carbons (Fsp3) is 0.500. The van der Waals surface area contributed by atoms with Crippen LogP contribution < -0.4 is 0 Å². The van der Waals surface area contributed by atoms with Crippen molar-refractivity contribution in [2.45, 2.75) is 78.2 Å². The molecule has 0 aromatic heterocycles. The first-order chi connectivity index (χ1) is 18.5. The average Bonchev–Trinajstić information content (AvgIpc) is 3.86. The number of nitrogens with zero attached hydrogens (tertiary/aromatic N) is 2. The van der Waals surface area contributed by atoms with Gasteiger partial charge in [-0.3, -0.25) is 0 Å². The lowest BCUT2D eigenvalue weighted by atomic mass is 10.0. The molecule has 2 aliphatic rings. The lowest BCUT2D eigenvalue weighted by Gasteiger charge is -2.02. The van der Waals surface area contributed by atoms with E-state index in [2.05, 4.69) is 28.6 Å². The minimum absolute atomic E-state index is 0.364. The molecular weight excluding hydrogens is 484 g/mol. The van der Waals surface area contributed by atoms with Crippen molar-refractivity contribution in [3.05, 3.63) is 53.6 Å². The number of benzene rings is 2. The zero-order chi connectivity index (χ0) is 28.4. The maximum atomic E-state index is 10.00. The predicted octanol–water partition coefficient (Wildman–Crippen LogP) is 6.85. The summed E-state index contributed by atoms with van der Waals surface area (Å²) in [5.41, 5.74) is 2.93. The highest BCUT2D eigenvalue weighted by Crippen LogP contribution is 2.26. The summed E-state index contributed by atoms with van der Waals surface area (Å²) < 4.78 is 9.21. The molecule has 0 saturated carbocycles.